The SMILES string of the molecule is Cc1cc(CSc2ccccc2C(=O)NCCCOCC(C)C)on1. The van der Waals surface area contributed by atoms with E-state index in [0.717, 1.165) is 29.4 Å². The number of carbonyl (C=O) groups excluding carboxylic acids is 1. The van der Waals surface area contributed by atoms with Gasteiger partial charge in [-0.1, -0.05) is 31.1 Å². The van der Waals surface area contributed by atoms with Crippen molar-refractivity contribution in [2.75, 3.05) is 19.8 Å². The van der Waals surface area contributed by atoms with E-state index in [1.165, 1.54) is 0 Å². The van der Waals surface area contributed by atoms with Gasteiger partial charge in [-0.15, -0.1) is 11.8 Å². The smallest absolute Gasteiger partial charge is 0.252 e. The van der Waals surface area contributed by atoms with Gasteiger partial charge in [0.25, 0.3) is 5.91 Å². The van der Waals surface area contributed by atoms with Crippen molar-refractivity contribution in [3.05, 3.63) is 47.3 Å². The largest absolute Gasteiger partial charge is 0.381 e. The van der Waals surface area contributed by atoms with Crippen molar-refractivity contribution in [1.29, 1.82) is 0 Å². The molecule has 2 aromatic rings. The summed E-state index contributed by atoms with van der Waals surface area (Å²) in [5.41, 5.74) is 1.55. The lowest BCUT2D eigenvalue weighted by Gasteiger charge is -2.10. The van der Waals surface area contributed by atoms with Crippen LogP contribution < -0.4 is 5.32 Å². The molecule has 0 fully saturated rings. The highest BCUT2D eigenvalue weighted by atomic mass is 32.2. The van der Waals surface area contributed by atoms with Gasteiger partial charge in [-0.2, -0.15) is 0 Å². The molecule has 1 N–H and O–H groups in total. The topological polar surface area (TPSA) is 64.4 Å². The second kappa shape index (κ2) is 10.3. The van der Waals surface area contributed by atoms with Gasteiger partial charge >= 0.3 is 0 Å². The summed E-state index contributed by atoms with van der Waals surface area (Å²) in [5, 5.41) is 6.84. The first-order chi connectivity index (χ1) is 12.1. The number of hydrogen-bond acceptors (Lipinski definition) is 5. The van der Waals surface area contributed by atoms with E-state index >= 15 is 0 Å². The summed E-state index contributed by atoms with van der Waals surface area (Å²) in [7, 11) is 0. The van der Waals surface area contributed by atoms with E-state index in [-0.39, 0.29) is 5.91 Å². The molecule has 6 heteroatoms. The van der Waals surface area contributed by atoms with Crippen LogP contribution in [0.2, 0.25) is 0 Å². The molecule has 0 atom stereocenters. The van der Waals surface area contributed by atoms with Gasteiger partial charge in [0.15, 0.2) is 0 Å². The van der Waals surface area contributed by atoms with Crippen LogP contribution in [0.5, 0.6) is 0 Å². The second-order valence-corrected chi connectivity index (χ2v) is 7.31. The molecule has 5 nitrogen and oxygen atoms in total. The maximum Gasteiger partial charge on any atom is 0.252 e. The van der Waals surface area contributed by atoms with Crippen molar-refractivity contribution >= 4 is 17.7 Å². The third kappa shape index (κ3) is 6.92. The van der Waals surface area contributed by atoms with E-state index in [1.54, 1.807) is 11.8 Å². The molecule has 0 bridgehead atoms. The fraction of sp³-hybridized carbons (Fsp3) is 0.474. The number of rotatable bonds is 10. The van der Waals surface area contributed by atoms with Gasteiger partial charge in [0.1, 0.15) is 5.76 Å². The Labute approximate surface area is 153 Å². The Morgan fingerprint density at radius 2 is 2.16 bits per heavy atom. The van der Waals surface area contributed by atoms with Crippen molar-refractivity contribution in [1.82, 2.24) is 10.5 Å². The molecule has 1 aromatic carbocycles. The number of ether oxygens (including phenoxy) is 1. The van der Waals surface area contributed by atoms with Crippen LogP contribution in [0.25, 0.3) is 0 Å². The predicted molar refractivity (Wildman–Crippen MR) is 99.9 cm³/mol. The minimum absolute atomic E-state index is 0.0549. The highest BCUT2D eigenvalue weighted by Gasteiger charge is 2.12. The zero-order valence-electron chi connectivity index (χ0n) is 15.1. The van der Waals surface area contributed by atoms with Gasteiger partial charge in [0.05, 0.1) is 17.0 Å². The van der Waals surface area contributed by atoms with Gasteiger partial charge in [0.2, 0.25) is 0 Å². The third-order valence-electron chi connectivity index (χ3n) is 3.38. The maximum atomic E-state index is 12.4. The molecule has 25 heavy (non-hydrogen) atoms. The molecule has 0 spiro atoms. The van der Waals surface area contributed by atoms with Crippen molar-refractivity contribution in [2.24, 2.45) is 5.92 Å². The highest BCUT2D eigenvalue weighted by Crippen LogP contribution is 2.26. The number of benzene rings is 1. The van der Waals surface area contributed by atoms with Gasteiger partial charge in [0, 0.05) is 30.7 Å². The Bertz CT molecular complexity index is 670. The molecule has 0 radical (unpaired) electrons. The molecule has 2 rings (SSSR count). The summed E-state index contributed by atoms with van der Waals surface area (Å²) in [6.07, 6.45) is 0.811. The van der Waals surface area contributed by atoms with Gasteiger partial charge in [-0.05, 0) is 31.4 Å². The number of aromatic nitrogens is 1. The molecule has 1 amide bonds. The van der Waals surface area contributed by atoms with Crippen LogP contribution in [0.4, 0.5) is 0 Å². The minimum Gasteiger partial charge on any atom is -0.381 e. The summed E-state index contributed by atoms with van der Waals surface area (Å²) in [4.78, 5) is 13.4. The van der Waals surface area contributed by atoms with Gasteiger partial charge < -0.3 is 14.6 Å². The van der Waals surface area contributed by atoms with E-state index in [4.69, 9.17) is 9.26 Å². The highest BCUT2D eigenvalue weighted by molar-refractivity contribution is 7.98. The number of nitrogens with zero attached hydrogens (tertiary/aromatic N) is 1. The predicted octanol–water partition coefficient (Wildman–Crippen LogP) is 4.07. The summed E-state index contributed by atoms with van der Waals surface area (Å²) in [5.74, 6) is 1.93. The van der Waals surface area contributed by atoms with Crippen molar-refractivity contribution in [3.63, 3.8) is 0 Å². The number of aryl methyl sites for hydroxylation is 1. The summed E-state index contributed by atoms with van der Waals surface area (Å²) in [6, 6.07) is 9.52. The quantitative estimate of drug-likeness (QED) is 0.510. The second-order valence-electron chi connectivity index (χ2n) is 6.30. The van der Waals surface area contributed by atoms with Crippen molar-refractivity contribution in [3.8, 4) is 0 Å². The average molecular weight is 362 g/mol. The molecule has 0 saturated heterocycles. The lowest BCUT2D eigenvalue weighted by Crippen LogP contribution is -2.25. The van der Waals surface area contributed by atoms with Crippen molar-refractivity contribution in [2.45, 2.75) is 37.8 Å². The molecular formula is C19H26N2O3S. The minimum atomic E-state index is -0.0549. The number of nitrogens with one attached hydrogen (secondary N) is 1. The first-order valence-electron chi connectivity index (χ1n) is 8.56. The van der Waals surface area contributed by atoms with E-state index < -0.39 is 0 Å². The Morgan fingerprint density at radius 3 is 2.88 bits per heavy atom. The molecular weight excluding hydrogens is 336 g/mol. The lowest BCUT2D eigenvalue weighted by atomic mass is 10.2. The molecule has 0 unspecified atom stereocenters. The van der Waals surface area contributed by atoms with E-state index in [1.807, 2.05) is 37.3 Å². The standard InChI is InChI=1S/C19H26N2O3S/c1-14(2)12-23-10-6-9-20-19(22)17-7-4-5-8-18(17)25-13-16-11-15(3)21-24-16/h4-5,7-8,11,14H,6,9-10,12-13H2,1-3H3,(H,20,22). The molecule has 136 valence electrons. The molecule has 0 aliphatic rings. The van der Waals surface area contributed by atoms with Gasteiger partial charge in [-0.25, -0.2) is 0 Å². The summed E-state index contributed by atoms with van der Waals surface area (Å²) >= 11 is 1.57. The molecule has 0 aliphatic heterocycles. The summed E-state index contributed by atoms with van der Waals surface area (Å²) in [6.45, 7) is 8.17. The molecule has 1 heterocycles. The average Bonchev–Trinajstić information content (AvgIpc) is 3.01. The molecule has 0 saturated carbocycles. The summed E-state index contributed by atoms with van der Waals surface area (Å²) < 4.78 is 10.7. The molecule has 0 aliphatic carbocycles. The number of carbonyl (C=O) groups is 1. The van der Waals surface area contributed by atoms with Crippen LogP contribution in [-0.2, 0) is 10.5 Å². The van der Waals surface area contributed by atoms with Crippen LogP contribution in [0.3, 0.4) is 0 Å². The Hall–Kier alpha value is -1.79. The van der Waals surface area contributed by atoms with Crippen LogP contribution >= 0.6 is 11.8 Å². The monoisotopic (exact) mass is 362 g/mol. The molecule has 1 aromatic heterocycles. The Kier molecular flexibility index (Phi) is 8.01. The van der Waals surface area contributed by atoms with Crippen LogP contribution in [0.1, 0.15) is 42.1 Å². The number of thioether (sulfide) groups is 1. The van der Waals surface area contributed by atoms with E-state index in [0.29, 0.717) is 30.4 Å². The van der Waals surface area contributed by atoms with Crippen LogP contribution in [0.15, 0.2) is 39.8 Å². The fourth-order valence-corrected chi connectivity index (χ4v) is 3.13. The Morgan fingerprint density at radius 1 is 1.36 bits per heavy atom. The van der Waals surface area contributed by atoms with Crippen LogP contribution in [-0.4, -0.2) is 30.8 Å². The first-order valence-corrected chi connectivity index (χ1v) is 9.54. The van der Waals surface area contributed by atoms with Crippen molar-refractivity contribution < 1.29 is 14.1 Å². The zero-order chi connectivity index (χ0) is 18.1. The fourth-order valence-electron chi connectivity index (χ4n) is 2.20. The van der Waals surface area contributed by atoms with E-state index in [9.17, 15) is 4.79 Å². The van der Waals surface area contributed by atoms with Gasteiger partial charge in [-0.3, -0.25) is 4.79 Å². The Balaban J connectivity index is 1.81. The third-order valence-corrected chi connectivity index (χ3v) is 4.48. The number of hydrogen-bond donors (Lipinski definition) is 1. The normalized spacial score (nSPS) is 11.0. The number of amides is 1. The first kappa shape index (κ1) is 19.5. The van der Waals surface area contributed by atoms with Crippen LogP contribution in [0, 0.1) is 12.8 Å². The zero-order valence-corrected chi connectivity index (χ0v) is 15.9. The van der Waals surface area contributed by atoms with E-state index in [2.05, 4.69) is 24.3 Å². The lowest BCUT2D eigenvalue weighted by molar-refractivity contribution is 0.0922. The maximum absolute atomic E-state index is 12.4.